The van der Waals surface area contributed by atoms with Gasteiger partial charge in [-0.3, -0.25) is 19.2 Å². The van der Waals surface area contributed by atoms with Gasteiger partial charge in [0, 0.05) is 31.7 Å². The number of carboxylic acid groups (broad SMARTS) is 2. The predicted octanol–water partition coefficient (Wildman–Crippen LogP) is 4.76. The van der Waals surface area contributed by atoms with E-state index in [4.69, 9.17) is 4.74 Å². The Bertz CT molecular complexity index is 914. The number of amides is 3. The van der Waals surface area contributed by atoms with E-state index < -0.39 is 46.9 Å². The van der Waals surface area contributed by atoms with Gasteiger partial charge in [0.2, 0.25) is 17.7 Å². The predicted molar refractivity (Wildman–Crippen MR) is 175 cm³/mol. The van der Waals surface area contributed by atoms with Crippen LogP contribution in [0.3, 0.4) is 0 Å². The summed E-state index contributed by atoms with van der Waals surface area (Å²) in [6, 6.07) is -2.39. The van der Waals surface area contributed by atoms with Crippen LogP contribution in [0.1, 0.15) is 120 Å². The van der Waals surface area contributed by atoms with Crippen LogP contribution in [0.15, 0.2) is 0 Å². The zero-order chi connectivity index (χ0) is 34.0. The van der Waals surface area contributed by atoms with E-state index in [0.717, 1.165) is 19.3 Å². The molecule has 0 saturated carbocycles. The van der Waals surface area contributed by atoms with Gasteiger partial charge < -0.3 is 30.9 Å². The molecule has 0 radical (unpaired) electrons. The van der Waals surface area contributed by atoms with Crippen LogP contribution in [-0.2, 0) is 28.7 Å². The highest BCUT2D eigenvalue weighted by Gasteiger charge is 2.38. The first-order chi connectivity index (χ1) is 20.5. The van der Waals surface area contributed by atoms with Gasteiger partial charge in [-0.15, -0.1) is 0 Å². The quantitative estimate of drug-likeness (QED) is 0.0992. The summed E-state index contributed by atoms with van der Waals surface area (Å²) in [6.45, 7) is 16.7. The third-order valence-electron chi connectivity index (χ3n) is 8.20. The zero-order valence-electron chi connectivity index (χ0n) is 28.3. The molecule has 3 amide bonds. The molecule has 44 heavy (non-hydrogen) atoms. The molecule has 0 aliphatic rings. The van der Waals surface area contributed by atoms with Crippen molar-refractivity contribution in [1.82, 2.24) is 16.0 Å². The van der Waals surface area contributed by atoms with Crippen molar-refractivity contribution in [1.29, 1.82) is 0 Å². The monoisotopic (exact) mass is 645 g/mol. The van der Waals surface area contributed by atoms with E-state index in [-0.39, 0.29) is 36.5 Å². The molecular formula is C32H59N3O8S. The van der Waals surface area contributed by atoms with Crippen LogP contribution < -0.4 is 16.0 Å². The molecule has 0 aromatic rings. The minimum atomic E-state index is -1.21. The summed E-state index contributed by atoms with van der Waals surface area (Å²) in [4.78, 5) is 62.1. The maximum atomic E-state index is 13.7. The third-order valence-corrected chi connectivity index (χ3v) is 9.83. The molecule has 5 N–H and O–H groups in total. The summed E-state index contributed by atoms with van der Waals surface area (Å²) in [5.41, 5.74) is -1.36. The number of carboxylic acids is 2. The highest BCUT2D eigenvalue weighted by atomic mass is 32.2. The van der Waals surface area contributed by atoms with E-state index in [9.17, 15) is 34.2 Å². The minimum Gasteiger partial charge on any atom is -0.481 e. The topological polar surface area (TPSA) is 171 Å². The van der Waals surface area contributed by atoms with E-state index in [1.807, 2.05) is 55.4 Å². The molecule has 0 saturated heterocycles. The van der Waals surface area contributed by atoms with Gasteiger partial charge >= 0.3 is 11.9 Å². The second-order valence-corrected chi connectivity index (χ2v) is 13.8. The largest absolute Gasteiger partial charge is 0.481 e. The van der Waals surface area contributed by atoms with Gasteiger partial charge in [0.25, 0.3) is 0 Å². The van der Waals surface area contributed by atoms with Gasteiger partial charge in [-0.25, -0.2) is 4.79 Å². The number of hydrogen-bond acceptors (Lipinski definition) is 7. The summed E-state index contributed by atoms with van der Waals surface area (Å²) < 4.78 is 6.40. The Balaban J connectivity index is 5.64. The van der Waals surface area contributed by atoms with Crippen molar-refractivity contribution in [2.75, 3.05) is 24.7 Å². The fraction of sp³-hybridized carbons (Fsp3) is 0.844. The van der Waals surface area contributed by atoms with Crippen LogP contribution in [0, 0.1) is 10.8 Å². The summed E-state index contributed by atoms with van der Waals surface area (Å²) in [5.74, 6) is -2.59. The average molecular weight is 646 g/mol. The molecule has 256 valence electrons. The van der Waals surface area contributed by atoms with E-state index in [0.29, 0.717) is 44.4 Å². The van der Waals surface area contributed by atoms with Crippen molar-refractivity contribution in [3.8, 4) is 0 Å². The number of carbonyl (C=O) groups excluding carboxylic acids is 3. The molecule has 0 aromatic heterocycles. The molecule has 0 bridgehead atoms. The Morgan fingerprint density at radius 3 is 1.91 bits per heavy atom. The van der Waals surface area contributed by atoms with Crippen LogP contribution >= 0.6 is 11.8 Å². The number of thioether (sulfide) groups is 1. The average Bonchev–Trinajstić information content (AvgIpc) is 2.95. The summed E-state index contributed by atoms with van der Waals surface area (Å²) in [6.07, 6.45) is 4.14. The van der Waals surface area contributed by atoms with Crippen molar-refractivity contribution in [3.05, 3.63) is 0 Å². The molecule has 11 nitrogen and oxygen atoms in total. The fourth-order valence-electron chi connectivity index (χ4n) is 4.90. The first kappa shape index (κ1) is 41.7. The maximum absolute atomic E-state index is 13.7. The summed E-state index contributed by atoms with van der Waals surface area (Å²) in [7, 11) is 0. The Labute approximate surface area is 268 Å². The summed E-state index contributed by atoms with van der Waals surface area (Å²) in [5, 5.41) is 27.2. The SMILES string of the molecule is CCCC(=O)NCCC(CC)(CC)OCCC(CC)(CC)C(=O)N[C@@H](CCC(=O)O)C(=O)N[C@@H](CSCC(C)(C)C)C(=O)O. The third kappa shape index (κ3) is 15.6. The second-order valence-electron chi connectivity index (χ2n) is 12.8. The first-order valence-corrected chi connectivity index (χ1v) is 17.2. The second kappa shape index (κ2) is 20.6. The van der Waals surface area contributed by atoms with Gasteiger partial charge in [0.15, 0.2) is 0 Å². The summed E-state index contributed by atoms with van der Waals surface area (Å²) >= 11 is 1.41. The van der Waals surface area contributed by atoms with E-state index >= 15 is 0 Å². The minimum absolute atomic E-state index is 0.0149. The van der Waals surface area contributed by atoms with Gasteiger partial charge in [0.05, 0.1) is 11.0 Å². The zero-order valence-corrected chi connectivity index (χ0v) is 29.1. The Kier molecular flexibility index (Phi) is 19.5. The number of hydrogen-bond donors (Lipinski definition) is 5. The molecule has 0 aliphatic heterocycles. The molecule has 0 rings (SSSR count). The molecule has 0 fully saturated rings. The van der Waals surface area contributed by atoms with Gasteiger partial charge in [-0.2, -0.15) is 11.8 Å². The molecule has 0 aliphatic carbocycles. The van der Waals surface area contributed by atoms with Crippen molar-refractivity contribution in [2.45, 2.75) is 137 Å². The van der Waals surface area contributed by atoms with Crippen LogP contribution in [-0.4, -0.2) is 82.2 Å². The lowest BCUT2D eigenvalue weighted by atomic mass is 9.78. The van der Waals surface area contributed by atoms with Crippen molar-refractivity contribution >= 4 is 41.4 Å². The Morgan fingerprint density at radius 1 is 0.818 bits per heavy atom. The molecule has 12 heteroatoms. The fourth-order valence-corrected chi connectivity index (χ4v) is 6.10. The Hall–Kier alpha value is -2.34. The first-order valence-electron chi connectivity index (χ1n) is 16.1. The van der Waals surface area contributed by atoms with Gasteiger partial charge in [-0.1, -0.05) is 55.4 Å². The number of rotatable bonds is 24. The molecular weight excluding hydrogens is 586 g/mol. The number of carbonyl (C=O) groups is 5. The van der Waals surface area contributed by atoms with Crippen LogP contribution in [0.2, 0.25) is 0 Å². The number of aliphatic carboxylic acids is 2. The normalized spacial score (nSPS) is 13.5. The van der Waals surface area contributed by atoms with Crippen LogP contribution in [0.5, 0.6) is 0 Å². The lowest BCUT2D eigenvalue weighted by molar-refractivity contribution is -0.143. The van der Waals surface area contributed by atoms with Crippen molar-refractivity contribution in [2.24, 2.45) is 10.8 Å². The smallest absolute Gasteiger partial charge is 0.327 e. The molecule has 2 atom stereocenters. The van der Waals surface area contributed by atoms with E-state index in [1.165, 1.54) is 11.8 Å². The molecule has 0 unspecified atom stereocenters. The lowest BCUT2D eigenvalue weighted by Gasteiger charge is -2.36. The number of ether oxygens (including phenoxy) is 1. The van der Waals surface area contributed by atoms with Gasteiger partial charge in [-0.05, 0) is 62.5 Å². The van der Waals surface area contributed by atoms with Crippen LogP contribution in [0.4, 0.5) is 0 Å². The standard InChI is InChI=1S/C32H59N3O8S/c1-9-14-25(36)33-19-17-32(12-4,13-5)43-20-18-31(10-2,11-3)29(42)35-23(15-16-26(37)38)27(39)34-24(28(40)41)21-44-22-30(6,7)8/h23-24H,9-22H2,1-8H3,(H,33,36)(H,34,39)(H,35,42)(H,37,38)(H,40,41)/t23-,24-/m0/s1. The molecule has 0 spiro atoms. The Morgan fingerprint density at radius 2 is 1.43 bits per heavy atom. The number of nitrogens with one attached hydrogen (secondary N) is 3. The molecule has 0 aromatic carbocycles. The highest BCUT2D eigenvalue weighted by Crippen LogP contribution is 2.33. The van der Waals surface area contributed by atoms with Crippen molar-refractivity contribution in [3.63, 3.8) is 0 Å². The van der Waals surface area contributed by atoms with Gasteiger partial charge in [0.1, 0.15) is 12.1 Å². The van der Waals surface area contributed by atoms with Crippen molar-refractivity contribution < 1.29 is 38.9 Å². The highest BCUT2D eigenvalue weighted by molar-refractivity contribution is 7.99. The lowest BCUT2D eigenvalue weighted by Crippen LogP contribution is -2.55. The van der Waals surface area contributed by atoms with E-state index in [2.05, 4.69) is 16.0 Å². The maximum Gasteiger partial charge on any atom is 0.327 e. The van der Waals surface area contributed by atoms with E-state index in [1.54, 1.807) is 0 Å². The van der Waals surface area contributed by atoms with Crippen LogP contribution in [0.25, 0.3) is 0 Å². The molecule has 0 heterocycles.